The molecule has 2 aliphatic rings. The Morgan fingerprint density at radius 1 is 1.67 bits per heavy atom. The van der Waals surface area contributed by atoms with Gasteiger partial charge in [0.2, 0.25) is 5.91 Å². The average Bonchev–Trinajstić information content (AvgIpc) is 2.42. The molecule has 1 aliphatic heterocycles. The van der Waals surface area contributed by atoms with Crippen LogP contribution < -0.4 is 5.32 Å². The minimum absolute atomic E-state index is 0.250. The van der Waals surface area contributed by atoms with Crippen LogP contribution in [0.25, 0.3) is 0 Å². The van der Waals surface area contributed by atoms with Crippen molar-refractivity contribution in [2.24, 2.45) is 5.41 Å². The molecule has 1 spiro atoms. The maximum atomic E-state index is 10.8. The summed E-state index contributed by atoms with van der Waals surface area (Å²) in [6.45, 7) is 2.11. The van der Waals surface area contributed by atoms with E-state index in [1.807, 2.05) is 0 Å². The Bertz CT molecular complexity index is 160. The largest absolute Gasteiger partial charge is 0.353 e. The van der Waals surface area contributed by atoms with Crippen molar-refractivity contribution >= 4 is 5.91 Å². The third kappa shape index (κ3) is 0.590. The Labute approximate surface area is 54.6 Å². The van der Waals surface area contributed by atoms with Crippen LogP contribution in [-0.2, 0) is 4.79 Å². The lowest BCUT2D eigenvalue weighted by Gasteiger charge is -2.09. The van der Waals surface area contributed by atoms with Gasteiger partial charge in [0, 0.05) is 12.5 Å². The lowest BCUT2D eigenvalue weighted by Crippen LogP contribution is -2.25. The fourth-order valence-electron chi connectivity index (χ4n) is 1.69. The molecule has 1 aliphatic carbocycles. The second-order valence-electron chi connectivity index (χ2n) is 3.33. The fraction of sp³-hybridized carbons (Fsp3) is 0.857. The molecule has 0 unspecified atom stereocenters. The maximum absolute atomic E-state index is 10.8. The summed E-state index contributed by atoms with van der Waals surface area (Å²) >= 11 is 0. The number of rotatable bonds is 0. The second-order valence-corrected chi connectivity index (χ2v) is 3.33. The SMILES string of the molecule is C[C@H]1NC(=O)CC12CC2. The molecule has 9 heavy (non-hydrogen) atoms. The molecule has 0 aromatic rings. The van der Waals surface area contributed by atoms with Crippen LogP contribution in [0.3, 0.4) is 0 Å². The van der Waals surface area contributed by atoms with E-state index in [4.69, 9.17) is 0 Å². The van der Waals surface area contributed by atoms with E-state index in [1.165, 1.54) is 12.8 Å². The van der Waals surface area contributed by atoms with Crippen molar-refractivity contribution in [3.05, 3.63) is 0 Å². The molecule has 0 aromatic heterocycles. The van der Waals surface area contributed by atoms with Crippen LogP contribution >= 0.6 is 0 Å². The zero-order valence-electron chi connectivity index (χ0n) is 5.61. The van der Waals surface area contributed by atoms with Gasteiger partial charge in [0.15, 0.2) is 0 Å². The number of carbonyl (C=O) groups excluding carboxylic acids is 1. The Morgan fingerprint density at radius 2 is 2.33 bits per heavy atom. The van der Waals surface area contributed by atoms with Gasteiger partial charge in [0.25, 0.3) is 0 Å². The first-order chi connectivity index (χ1) is 4.23. The normalized spacial score (nSPS) is 37.0. The van der Waals surface area contributed by atoms with Crippen molar-refractivity contribution in [3.63, 3.8) is 0 Å². The summed E-state index contributed by atoms with van der Waals surface area (Å²) in [6.07, 6.45) is 3.30. The first kappa shape index (κ1) is 5.27. The summed E-state index contributed by atoms with van der Waals surface area (Å²) in [5.41, 5.74) is 0.414. The standard InChI is InChI=1S/C7H11NO/c1-5-7(2-3-7)4-6(9)8-5/h5H,2-4H2,1H3,(H,8,9)/t5-/m1/s1. The molecule has 1 saturated carbocycles. The lowest BCUT2D eigenvalue weighted by molar-refractivity contribution is -0.119. The Kier molecular flexibility index (Phi) is 0.765. The molecule has 0 bridgehead atoms. The molecule has 1 amide bonds. The van der Waals surface area contributed by atoms with E-state index >= 15 is 0 Å². The topological polar surface area (TPSA) is 29.1 Å². The van der Waals surface area contributed by atoms with Gasteiger partial charge in [-0.3, -0.25) is 4.79 Å². The smallest absolute Gasteiger partial charge is 0.220 e. The fourth-order valence-corrected chi connectivity index (χ4v) is 1.69. The van der Waals surface area contributed by atoms with Gasteiger partial charge in [-0.1, -0.05) is 0 Å². The summed E-state index contributed by atoms with van der Waals surface area (Å²) < 4.78 is 0. The molecule has 1 N–H and O–H groups in total. The highest BCUT2D eigenvalue weighted by Crippen LogP contribution is 2.54. The van der Waals surface area contributed by atoms with Crippen molar-refractivity contribution < 1.29 is 4.79 Å². The van der Waals surface area contributed by atoms with Gasteiger partial charge >= 0.3 is 0 Å². The molecular weight excluding hydrogens is 114 g/mol. The van der Waals surface area contributed by atoms with E-state index < -0.39 is 0 Å². The minimum atomic E-state index is 0.250. The summed E-state index contributed by atoms with van der Waals surface area (Å²) in [7, 11) is 0. The molecule has 1 saturated heterocycles. The van der Waals surface area contributed by atoms with Gasteiger partial charge in [0.1, 0.15) is 0 Å². The minimum Gasteiger partial charge on any atom is -0.353 e. The quantitative estimate of drug-likeness (QED) is 0.506. The highest BCUT2D eigenvalue weighted by Gasteiger charge is 2.53. The molecule has 1 atom stereocenters. The summed E-state index contributed by atoms with van der Waals surface area (Å²) in [6, 6.07) is 0.449. The predicted molar refractivity (Wildman–Crippen MR) is 33.9 cm³/mol. The molecule has 2 rings (SSSR count). The Balaban J connectivity index is 2.19. The molecule has 50 valence electrons. The van der Waals surface area contributed by atoms with Crippen LogP contribution in [0.2, 0.25) is 0 Å². The number of carbonyl (C=O) groups is 1. The van der Waals surface area contributed by atoms with Gasteiger partial charge in [-0.15, -0.1) is 0 Å². The Morgan fingerprint density at radius 3 is 2.56 bits per heavy atom. The first-order valence-corrected chi connectivity index (χ1v) is 3.52. The van der Waals surface area contributed by atoms with Crippen LogP contribution in [-0.4, -0.2) is 11.9 Å². The highest BCUT2D eigenvalue weighted by molar-refractivity contribution is 5.80. The van der Waals surface area contributed by atoms with E-state index in [0.29, 0.717) is 11.5 Å². The van der Waals surface area contributed by atoms with Crippen LogP contribution in [0, 0.1) is 5.41 Å². The van der Waals surface area contributed by atoms with Gasteiger partial charge in [-0.05, 0) is 25.2 Å². The molecule has 0 radical (unpaired) electrons. The first-order valence-electron chi connectivity index (χ1n) is 3.52. The monoisotopic (exact) mass is 125 g/mol. The summed E-state index contributed by atoms with van der Waals surface area (Å²) in [5, 5.41) is 2.93. The summed E-state index contributed by atoms with van der Waals surface area (Å²) in [5.74, 6) is 0.250. The number of nitrogens with one attached hydrogen (secondary N) is 1. The molecule has 2 heteroatoms. The number of hydrogen-bond donors (Lipinski definition) is 1. The third-order valence-electron chi connectivity index (χ3n) is 2.70. The zero-order chi connectivity index (χ0) is 6.48. The van der Waals surface area contributed by atoms with Crippen molar-refractivity contribution in [1.29, 1.82) is 0 Å². The van der Waals surface area contributed by atoms with Crippen LogP contribution in [0.4, 0.5) is 0 Å². The average molecular weight is 125 g/mol. The molecule has 0 aromatic carbocycles. The highest BCUT2D eigenvalue weighted by atomic mass is 16.2. The van der Waals surface area contributed by atoms with Crippen molar-refractivity contribution in [1.82, 2.24) is 5.32 Å². The van der Waals surface area contributed by atoms with Crippen molar-refractivity contribution in [3.8, 4) is 0 Å². The third-order valence-corrected chi connectivity index (χ3v) is 2.70. The van der Waals surface area contributed by atoms with Crippen LogP contribution in [0.5, 0.6) is 0 Å². The number of amides is 1. The molecule has 2 nitrogen and oxygen atoms in total. The van der Waals surface area contributed by atoms with Crippen molar-refractivity contribution in [2.45, 2.75) is 32.2 Å². The van der Waals surface area contributed by atoms with Gasteiger partial charge < -0.3 is 5.32 Å². The molecular formula is C7H11NO. The number of hydrogen-bond acceptors (Lipinski definition) is 1. The van der Waals surface area contributed by atoms with Gasteiger partial charge in [-0.25, -0.2) is 0 Å². The Hall–Kier alpha value is -0.530. The maximum Gasteiger partial charge on any atom is 0.220 e. The van der Waals surface area contributed by atoms with E-state index in [9.17, 15) is 4.79 Å². The predicted octanol–water partition coefficient (Wildman–Crippen LogP) is 0.675. The van der Waals surface area contributed by atoms with Crippen molar-refractivity contribution in [2.75, 3.05) is 0 Å². The van der Waals surface area contributed by atoms with E-state index in [0.717, 1.165) is 6.42 Å². The molecule has 2 fully saturated rings. The van der Waals surface area contributed by atoms with Crippen LogP contribution in [0.15, 0.2) is 0 Å². The van der Waals surface area contributed by atoms with E-state index in [-0.39, 0.29) is 5.91 Å². The summed E-state index contributed by atoms with van der Waals surface area (Å²) in [4.78, 5) is 10.8. The second kappa shape index (κ2) is 1.31. The zero-order valence-corrected chi connectivity index (χ0v) is 5.61. The van der Waals surface area contributed by atoms with Crippen LogP contribution in [0.1, 0.15) is 26.2 Å². The lowest BCUT2D eigenvalue weighted by atomic mass is 9.99. The van der Waals surface area contributed by atoms with E-state index in [2.05, 4.69) is 12.2 Å². The van der Waals surface area contributed by atoms with Gasteiger partial charge in [0.05, 0.1) is 0 Å². The van der Waals surface area contributed by atoms with E-state index in [1.54, 1.807) is 0 Å². The molecule has 1 heterocycles. The van der Waals surface area contributed by atoms with Gasteiger partial charge in [-0.2, -0.15) is 0 Å².